The molecule has 0 saturated carbocycles. The van der Waals surface area contributed by atoms with E-state index < -0.39 is 5.11 Å². The molecule has 0 aliphatic carbocycles. The Morgan fingerprint density at radius 2 is 2.14 bits per heavy atom. The van der Waals surface area contributed by atoms with Crippen LogP contribution in [0.15, 0.2) is 0 Å². The second-order valence-electron chi connectivity index (χ2n) is 3.34. The van der Waals surface area contributed by atoms with Crippen LogP contribution in [0.1, 0.15) is 19.3 Å². The van der Waals surface area contributed by atoms with Crippen molar-refractivity contribution in [3.8, 4) is 11.8 Å². The lowest BCUT2D eigenvalue weighted by atomic mass is 9.43. The zero-order valence-corrected chi connectivity index (χ0v) is 8.16. The summed E-state index contributed by atoms with van der Waals surface area (Å²) in [5, 5.41) is -1.43. The first-order valence-electron chi connectivity index (χ1n) is 4.68. The lowest BCUT2D eigenvalue weighted by molar-refractivity contribution is -0.154. The summed E-state index contributed by atoms with van der Waals surface area (Å²) < 4.78 is 10.6. The molecule has 1 aliphatic heterocycles. The minimum absolute atomic E-state index is 0.138. The van der Waals surface area contributed by atoms with Crippen molar-refractivity contribution in [1.29, 1.82) is 0 Å². The van der Waals surface area contributed by atoms with Crippen LogP contribution in [-0.4, -0.2) is 43.0 Å². The molecular weight excluding hydrogens is 173 g/mol. The van der Waals surface area contributed by atoms with Crippen molar-refractivity contribution in [3.63, 3.8) is 0 Å². The first kappa shape index (κ1) is 11.7. The predicted molar refractivity (Wildman–Crippen MR) is 57.3 cm³/mol. The molecule has 1 unspecified atom stereocenters. The molecule has 0 bridgehead atoms. The second-order valence-corrected chi connectivity index (χ2v) is 3.34. The maximum Gasteiger partial charge on any atom is 0.158 e. The van der Waals surface area contributed by atoms with Gasteiger partial charge in [-0.3, -0.25) is 0 Å². The van der Waals surface area contributed by atoms with Gasteiger partial charge in [-0.05, 0) is 19.3 Å². The Bertz CT molecular complexity index is 220. The highest BCUT2D eigenvalue weighted by Gasteiger charge is 2.12. The summed E-state index contributed by atoms with van der Waals surface area (Å²) >= 11 is 0. The van der Waals surface area contributed by atoms with E-state index in [1.165, 1.54) is 0 Å². The largest absolute Gasteiger partial charge is 0.353 e. The van der Waals surface area contributed by atoms with E-state index in [0.29, 0.717) is 0 Å². The molecule has 1 fully saturated rings. The Balaban J connectivity index is 2.16. The van der Waals surface area contributed by atoms with E-state index in [1.54, 1.807) is 0 Å². The molecule has 6 radical (unpaired) electrons. The molecule has 68 valence electrons. The fourth-order valence-electron chi connectivity index (χ4n) is 1.17. The summed E-state index contributed by atoms with van der Waals surface area (Å²) in [6.07, 6.45) is 3.01. The summed E-state index contributed by atoms with van der Waals surface area (Å²) in [5.41, 5.74) is 0. The van der Waals surface area contributed by atoms with Crippen LogP contribution in [0.25, 0.3) is 0 Å². The normalized spacial score (nSPS) is 22.4. The number of rotatable bonds is 2. The molecule has 0 aromatic heterocycles. The summed E-state index contributed by atoms with van der Waals surface area (Å²) in [6.45, 7) is 1.00. The molecule has 0 N–H and O–H groups in total. The van der Waals surface area contributed by atoms with E-state index in [2.05, 4.69) is 11.8 Å². The van der Waals surface area contributed by atoms with Gasteiger partial charge < -0.3 is 9.47 Å². The molecule has 0 spiro atoms. The number of ether oxygens (including phenoxy) is 2. The van der Waals surface area contributed by atoms with Gasteiger partial charge in [0.1, 0.15) is 6.61 Å². The average molecular weight is 184 g/mol. The van der Waals surface area contributed by atoms with Crippen molar-refractivity contribution in [2.75, 3.05) is 13.2 Å². The fraction of sp³-hybridized carbons (Fsp3) is 0.778. The fourth-order valence-corrected chi connectivity index (χ4v) is 1.17. The lowest BCUT2D eigenvalue weighted by Gasteiger charge is -2.21. The van der Waals surface area contributed by atoms with Gasteiger partial charge >= 0.3 is 0 Å². The van der Waals surface area contributed by atoms with Crippen LogP contribution in [0.2, 0.25) is 5.11 Å². The first-order chi connectivity index (χ1) is 6.58. The molecule has 5 heteroatoms. The Kier molecular flexibility index (Phi) is 4.64. The SMILES string of the molecule is [B]C([B])([B])C#CCOC1CCCCO1. The molecule has 1 rings (SSSR count). The van der Waals surface area contributed by atoms with Crippen LogP contribution in [0.4, 0.5) is 0 Å². The topological polar surface area (TPSA) is 18.5 Å². The molecule has 1 atom stereocenters. The minimum atomic E-state index is -1.43. The maximum atomic E-state index is 5.33. The van der Waals surface area contributed by atoms with Crippen LogP contribution < -0.4 is 0 Å². The molecule has 0 aromatic carbocycles. The third-order valence-electron chi connectivity index (χ3n) is 1.78. The smallest absolute Gasteiger partial charge is 0.158 e. The monoisotopic (exact) mass is 184 g/mol. The Morgan fingerprint density at radius 1 is 1.36 bits per heavy atom. The summed E-state index contributed by atoms with van der Waals surface area (Å²) in [7, 11) is 15.7. The molecule has 0 aromatic rings. The summed E-state index contributed by atoms with van der Waals surface area (Å²) in [5.74, 6) is 5.11. The van der Waals surface area contributed by atoms with Crippen LogP contribution in [0.3, 0.4) is 0 Å². The minimum Gasteiger partial charge on any atom is -0.353 e. The Morgan fingerprint density at radius 3 is 2.71 bits per heavy atom. The highest BCUT2D eigenvalue weighted by Crippen LogP contribution is 2.13. The molecule has 14 heavy (non-hydrogen) atoms. The quantitative estimate of drug-likeness (QED) is 0.447. The van der Waals surface area contributed by atoms with E-state index in [1.807, 2.05) is 0 Å². The van der Waals surface area contributed by atoms with Gasteiger partial charge in [-0.1, -0.05) is 11.0 Å². The molecule has 1 aliphatic rings. The van der Waals surface area contributed by atoms with E-state index in [-0.39, 0.29) is 12.9 Å². The van der Waals surface area contributed by atoms with Crippen LogP contribution in [0, 0.1) is 11.8 Å². The van der Waals surface area contributed by atoms with E-state index in [4.69, 9.17) is 33.0 Å². The molecule has 0 amide bonds. The zero-order chi connectivity index (χ0) is 10.4. The third-order valence-corrected chi connectivity index (χ3v) is 1.78. The van der Waals surface area contributed by atoms with E-state index in [0.717, 1.165) is 25.9 Å². The van der Waals surface area contributed by atoms with Crippen molar-refractivity contribution >= 4 is 23.5 Å². The van der Waals surface area contributed by atoms with Crippen molar-refractivity contribution in [2.24, 2.45) is 0 Å². The average Bonchev–Trinajstić information content (AvgIpc) is 2.13. The zero-order valence-electron chi connectivity index (χ0n) is 8.16. The second kappa shape index (κ2) is 5.53. The van der Waals surface area contributed by atoms with Crippen LogP contribution in [-0.2, 0) is 9.47 Å². The van der Waals surface area contributed by atoms with Gasteiger partial charge in [0.05, 0.1) is 23.5 Å². The van der Waals surface area contributed by atoms with Crippen molar-refractivity contribution in [2.45, 2.75) is 30.7 Å². The predicted octanol–water partition coefficient (Wildman–Crippen LogP) is 0.112. The van der Waals surface area contributed by atoms with Crippen molar-refractivity contribution in [3.05, 3.63) is 0 Å². The van der Waals surface area contributed by atoms with Gasteiger partial charge in [0, 0.05) is 6.61 Å². The van der Waals surface area contributed by atoms with Gasteiger partial charge in [-0.15, -0.1) is 5.92 Å². The van der Waals surface area contributed by atoms with Gasteiger partial charge in [-0.2, -0.15) is 0 Å². The molecule has 2 nitrogen and oxygen atoms in total. The lowest BCUT2D eigenvalue weighted by Crippen LogP contribution is -2.22. The highest BCUT2D eigenvalue weighted by atomic mass is 16.7. The highest BCUT2D eigenvalue weighted by molar-refractivity contribution is 6.61. The van der Waals surface area contributed by atoms with E-state index >= 15 is 0 Å². The maximum absolute atomic E-state index is 5.33. The van der Waals surface area contributed by atoms with Gasteiger partial charge in [0.25, 0.3) is 0 Å². The summed E-state index contributed by atoms with van der Waals surface area (Å²) in [4.78, 5) is 0. The Labute approximate surface area is 89.3 Å². The first-order valence-corrected chi connectivity index (χ1v) is 4.68. The van der Waals surface area contributed by atoms with Crippen molar-refractivity contribution < 1.29 is 9.47 Å². The number of hydrogen-bond donors (Lipinski definition) is 0. The van der Waals surface area contributed by atoms with Crippen LogP contribution in [0.5, 0.6) is 0 Å². The van der Waals surface area contributed by atoms with Gasteiger partial charge in [-0.25, -0.2) is 0 Å². The standard InChI is InChI=1S/C9H11B3O2/c10-9(11,12)5-3-7-14-8-4-1-2-6-13-8/h8H,1-2,4,6-7H2. The van der Waals surface area contributed by atoms with E-state index in [9.17, 15) is 0 Å². The third kappa shape index (κ3) is 5.41. The van der Waals surface area contributed by atoms with Crippen molar-refractivity contribution in [1.82, 2.24) is 0 Å². The summed E-state index contributed by atoms with van der Waals surface area (Å²) in [6, 6.07) is 0. The van der Waals surface area contributed by atoms with Crippen LogP contribution >= 0.6 is 0 Å². The van der Waals surface area contributed by atoms with Gasteiger partial charge in [0.15, 0.2) is 6.29 Å². The number of hydrogen-bond acceptors (Lipinski definition) is 2. The molecule has 1 heterocycles. The van der Waals surface area contributed by atoms with Gasteiger partial charge in [0.2, 0.25) is 0 Å². The molecule has 1 saturated heterocycles. The Hall–Kier alpha value is -0.325. The molecular formula is C9H11B3O2.